The van der Waals surface area contributed by atoms with Gasteiger partial charge in [0.25, 0.3) is 0 Å². The van der Waals surface area contributed by atoms with Crippen molar-refractivity contribution in [1.29, 1.82) is 0 Å². The lowest BCUT2D eigenvalue weighted by Gasteiger charge is -2.30. The van der Waals surface area contributed by atoms with Crippen LogP contribution in [-0.2, 0) is 0 Å². The van der Waals surface area contributed by atoms with E-state index in [1.54, 1.807) is 0 Å². The number of aromatic nitrogens is 3. The molecule has 5 rings (SSSR count). The van der Waals surface area contributed by atoms with E-state index in [-0.39, 0.29) is 0 Å². The van der Waals surface area contributed by atoms with Gasteiger partial charge in [-0.3, -0.25) is 4.40 Å². The Kier molecular flexibility index (Phi) is 2.98. The molecule has 5 heterocycles. The predicted octanol–water partition coefficient (Wildman–Crippen LogP) is 1.22. The van der Waals surface area contributed by atoms with Crippen molar-refractivity contribution >= 4 is 17.3 Å². The molecular formula is C16H21FN6. The lowest BCUT2D eigenvalue weighted by atomic mass is 10.1. The van der Waals surface area contributed by atoms with Crippen LogP contribution in [0.25, 0.3) is 5.52 Å². The van der Waals surface area contributed by atoms with E-state index in [0.29, 0.717) is 25.0 Å². The van der Waals surface area contributed by atoms with Crippen LogP contribution in [0.4, 0.5) is 16.2 Å². The molecule has 1 N–H and O–H groups in total. The van der Waals surface area contributed by atoms with E-state index < -0.39 is 6.17 Å². The summed E-state index contributed by atoms with van der Waals surface area (Å²) in [6, 6.07) is 1.11. The first-order valence-corrected chi connectivity index (χ1v) is 8.51. The van der Waals surface area contributed by atoms with Crippen molar-refractivity contribution < 1.29 is 4.39 Å². The molecule has 0 spiro atoms. The molecule has 2 bridgehead atoms. The van der Waals surface area contributed by atoms with Crippen molar-refractivity contribution in [3.8, 4) is 0 Å². The number of piperidine rings is 1. The van der Waals surface area contributed by atoms with Crippen molar-refractivity contribution in [1.82, 2.24) is 19.7 Å². The standard InChI is InChI=1S/C16H21FN6/c17-11-2-1-4-21(9-11)16-20-8-14-15(18-3-5-22(14)16)23-10-12-6-13(23)7-19-12/h3,5,8,11-13,19H,1-2,4,6-7,9-10H2. The van der Waals surface area contributed by atoms with E-state index in [0.717, 1.165) is 43.3 Å². The summed E-state index contributed by atoms with van der Waals surface area (Å²) in [5.74, 6) is 1.85. The van der Waals surface area contributed by atoms with Gasteiger partial charge in [-0.1, -0.05) is 0 Å². The summed E-state index contributed by atoms with van der Waals surface area (Å²) >= 11 is 0. The van der Waals surface area contributed by atoms with Gasteiger partial charge in [-0.15, -0.1) is 0 Å². The Labute approximate surface area is 134 Å². The summed E-state index contributed by atoms with van der Waals surface area (Å²) in [4.78, 5) is 13.7. The lowest BCUT2D eigenvalue weighted by molar-refractivity contribution is 0.285. The minimum Gasteiger partial charge on any atom is -0.349 e. The minimum absolute atomic E-state index is 0.440. The monoisotopic (exact) mass is 316 g/mol. The molecule has 3 fully saturated rings. The Hall–Kier alpha value is -1.89. The second-order valence-corrected chi connectivity index (χ2v) is 6.90. The highest BCUT2D eigenvalue weighted by Crippen LogP contribution is 2.32. The van der Waals surface area contributed by atoms with Crippen molar-refractivity contribution in [3.05, 3.63) is 18.6 Å². The first-order valence-electron chi connectivity index (χ1n) is 8.51. The number of piperazine rings is 1. The molecule has 23 heavy (non-hydrogen) atoms. The summed E-state index contributed by atoms with van der Waals surface area (Å²) in [6.07, 6.45) is 7.65. The zero-order valence-corrected chi connectivity index (χ0v) is 13.0. The summed E-state index contributed by atoms with van der Waals surface area (Å²) in [6.45, 7) is 3.35. The number of nitrogens with zero attached hydrogens (tertiary/aromatic N) is 5. The van der Waals surface area contributed by atoms with Crippen LogP contribution in [0, 0.1) is 0 Å². The van der Waals surface area contributed by atoms with Gasteiger partial charge in [-0.05, 0) is 19.3 Å². The number of alkyl halides is 1. The highest BCUT2D eigenvalue weighted by atomic mass is 19.1. The molecule has 0 radical (unpaired) electrons. The van der Waals surface area contributed by atoms with Gasteiger partial charge in [0, 0.05) is 44.1 Å². The molecular weight excluding hydrogens is 295 g/mol. The van der Waals surface area contributed by atoms with Crippen LogP contribution in [-0.4, -0.2) is 58.8 Å². The van der Waals surface area contributed by atoms with Gasteiger partial charge in [0.1, 0.15) is 11.7 Å². The molecule has 122 valence electrons. The molecule has 0 saturated carbocycles. The second kappa shape index (κ2) is 5.06. The molecule has 3 atom stereocenters. The molecule has 3 aliphatic rings. The lowest BCUT2D eigenvalue weighted by Crippen LogP contribution is -2.44. The van der Waals surface area contributed by atoms with Crippen molar-refractivity contribution in [2.24, 2.45) is 0 Å². The average molecular weight is 316 g/mol. The van der Waals surface area contributed by atoms with Crippen molar-refractivity contribution in [2.45, 2.75) is 37.5 Å². The van der Waals surface area contributed by atoms with Gasteiger partial charge >= 0.3 is 0 Å². The number of fused-ring (bicyclic) bond motifs is 3. The van der Waals surface area contributed by atoms with Gasteiger partial charge in [0.05, 0.1) is 12.7 Å². The molecule has 0 aliphatic carbocycles. The fourth-order valence-electron chi connectivity index (χ4n) is 4.28. The molecule has 0 aromatic carbocycles. The van der Waals surface area contributed by atoms with Gasteiger partial charge in [-0.2, -0.15) is 0 Å². The third-order valence-corrected chi connectivity index (χ3v) is 5.39. The van der Waals surface area contributed by atoms with E-state index in [1.165, 1.54) is 6.42 Å². The van der Waals surface area contributed by atoms with E-state index in [9.17, 15) is 4.39 Å². The molecule has 6 nitrogen and oxygen atoms in total. The molecule has 3 aliphatic heterocycles. The zero-order chi connectivity index (χ0) is 15.4. The Bertz CT molecular complexity index is 730. The number of hydrogen-bond acceptors (Lipinski definition) is 5. The quantitative estimate of drug-likeness (QED) is 0.903. The van der Waals surface area contributed by atoms with Gasteiger partial charge in [-0.25, -0.2) is 14.4 Å². The van der Waals surface area contributed by atoms with Crippen LogP contribution in [0.3, 0.4) is 0 Å². The van der Waals surface area contributed by atoms with Crippen molar-refractivity contribution in [2.75, 3.05) is 36.0 Å². The Morgan fingerprint density at radius 2 is 2.22 bits per heavy atom. The van der Waals surface area contributed by atoms with Gasteiger partial charge < -0.3 is 15.1 Å². The van der Waals surface area contributed by atoms with E-state index in [1.807, 2.05) is 18.6 Å². The topological polar surface area (TPSA) is 48.7 Å². The molecule has 7 heteroatoms. The maximum absolute atomic E-state index is 13.7. The zero-order valence-electron chi connectivity index (χ0n) is 13.0. The number of halogens is 1. The Morgan fingerprint density at radius 3 is 3.00 bits per heavy atom. The van der Waals surface area contributed by atoms with E-state index in [2.05, 4.69) is 29.5 Å². The first kappa shape index (κ1) is 13.5. The van der Waals surface area contributed by atoms with Gasteiger partial charge in [0.2, 0.25) is 5.95 Å². The van der Waals surface area contributed by atoms with E-state index >= 15 is 0 Å². The number of anilines is 2. The van der Waals surface area contributed by atoms with Crippen molar-refractivity contribution in [3.63, 3.8) is 0 Å². The van der Waals surface area contributed by atoms with Crippen LogP contribution < -0.4 is 15.1 Å². The highest BCUT2D eigenvalue weighted by Gasteiger charge is 2.39. The number of rotatable bonds is 2. The summed E-state index contributed by atoms with van der Waals surface area (Å²) < 4.78 is 15.8. The fourth-order valence-corrected chi connectivity index (χ4v) is 4.28. The molecule has 3 saturated heterocycles. The summed E-state index contributed by atoms with van der Waals surface area (Å²) in [5.41, 5.74) is 1.02. The Balaban J connectivity index is 1.53. The maximum Gasteiger partial charge on any atom is 0.210 e. The number of imidazole rings is 1. The normalized spacial score (nSPS) is 30.6. The van der Waals surface area contributed by atoms with Crippen LogP contribution in [0.1, 0.15) is 19.3 Å². The molecule has 2 aromatic rings. The largest absolute Gasteiger partial charge is 0.349 e. The number of nitrogens with one attached hydrogen (secondary N) is 1. The molecule has 0 amide bonds. The van der Waals surface area contributed by atoms with E-state index in [4.69, 9.17) is 0 Å². The smallest absolute Gasteiger partial charge is 0.210 e. The first-order chi connectivity index (χ1) is 11.3. The van der Waals surface area contributed by atoms with Crippen LogP contribution in [0.5, 0.6) is 0 Å². The summed E-state index contributed by atoms with van der Waals surface area (Å²) in [5, 5.41) is 3.52. The predicted molar refractivity (Wildman–Crippen MR) is 86.9 cm³/mol. The second-order valence-electron chi connectivity index (χ2n) is 6.90. The Morgan fingerprint density at radius 1 is 1.26 bits per heavy atom. The SMILES string of the molecule is FC1CCCN(c2ncc3c(N4CC5CC4CN5)nccn23)C1. The molecule has 3 unspecified atom stereocenters. The summed E-state index contributed by atoms with van der Waals surface area (Å²) in [7, 11) is 0. The third kappa shape index (κ3) is 2.09. The highest BCUT2D eigenvalue weighted by molar-refractivity contribution is 5.72. The van der Waals surface area contributed by atoms with Crippen LogP contribution >= 0.6 is 0 Å². The maximum atomic E-state index is 13.7. The molecule has 2 aromatic heterocycles. The third-order valence-electron chi connectivity index (χ3n) is 5.39. The van der Waals surface area contributed by atoms with Crippen LogP contribution in [0.2, 0.25) is 0 Å². The van der Waals surface area contributed by atoms with Gasteiger partial charge in [0.15, 0.2) is 5.82 Å². The number of hydrogen-bond donors (Lipinski definition) is 1. The minimum atomic E-state index is -0.752. The average Bonchev–Trinajstić information content (AvgIpc) is 3.29. The fraction of sp³-hybridized carbons (Fsp3) is 0.625. The van der Waals surface area contributed by atoms with Crippen LogP contribution in [0.15, 0.2) is 18.6 Å².